The maximum atomic E-state index is 12.2. The molecule has 0 aliphatic carbocycles. The Kier molecular flexibility index (Phi) is 4.47. The van der Waals surface area contributed by atoms with Crippen molar-refractivity contribution in [1.82, 2.24) is 10.2 Å². The highest BCUT2D eigenvalue weighted by molar-refractivity contribution is 6.01. The van der Waals surface area contributed by atoms with Gasteiger partial charge in [0.2, 0.25) is 11.8 Å². The van der Waals surface area contributed by atoms with Gasteiger partial charge in [0.05, 0.1) is 19.1 Å². The van der Waals surface area contributed by atoms with E-state index in [9.17, 15) is 9.59 Å². The molecule has 2 rings (SSSR count). The number of amides is 2. The molecule has 21 heavy (non-hydrogen) atoms. The first-order valence-corrected chi connectivity index (χ1v) is 7.50. The zero-order valence-electron chi connectivity index (χ0n) is 13.3. The van der Waals surface area contributed by atoms with E-state index >= 15 is 0 Å². The maximum absolute atomic E-state index is 12.2. The number of hydrogen-bond donors (Lipinski definition) is 1. The van der Waals surface area contributed by atoms with Gasteiger partial charge in [0.1, 0.15) is 0 Å². The second-order valence-electron chi connectivity index (χ2n) is 6.61. The van der Waals surface area contributed by atoms with Gasteiger partial charge in [-0.25, -0.2) is 0 Å². The minimum absolute atomic E-state index is 0.104. The van der Waals surface area contributed by atoms with E-state index < -0.39 is 0 Å². The van der Waals surface area contributed by atoms with Gasteiger partial charge in [-0.1, -0.05) is 52.0 Å². The van der Waals surface area contributed by atoms with Gasteiger partial charge >= 0.3 is 0 Å². The first kappa shape index (κ1) is 15.7. The number of hydrogen-bond acceptors (Lipinski definition) is 3. The normalized spacial score (nSPS) is 20.0. The Morgan fingerprint density at radius 3 is 2.33 bits per heavy atom. The lowest BCUT2D eigenvalue weighted by molar-refractivity contribution is -0.150. The standard InChI is InChI=1S/C17H24N2O2/c1-5-14-16(21)19(15(20)10-18-14)11-12-6-8-13(9-7-12)17(2,3)4/h6-9,14,18H,5,10-11H2,1-4H3. The van der Waals surface area contributed by atoms with Crippen LogP contribution >= 0.6 is 0 Å². The smallest absolute Gasteiger partial charge is 0.246 e. The van der Waals surface area contributed by atoms with Crippen molar-refractivity contribution in [3.8, 4) is 0 Å². The van der Waals surface area contributed by atoms with Crippen LogP contribution in [0, 0.1) is 0 Å². The van der Waals surface area contributed by atoms with Crippen LogP contribution in [-0.2, 0) is 21.5 Å². The van der Waals surface area contributed by atoms with E-state index in [1.807, 2.05) is 19.1 Å². The summed E-state index contributed by atoms with van der Waals surface area (Å²) in [6, 6.07) is 7.92. The number of nitrogens with zero attached hydrogens (tertiary/aromatic N) is 1. The first-order valence-electron chi connectivity index (χ1n) is 7.50. The molecule has 0 bridgehead atoms. The maximum Gasteiger partial charge on any atom is 0.246 e. The van der Waals surface area contributed by atoms with Gasteiger partial charge in [-0.3, -0.25) is 19.8 Å². The first-order chi connectivity index (χ1) is 9.82. The molecule has 0 saturated carbocycles. The molecule has 114 valence electrons. The van der Waals surface area contributed by atoms with Gasteiger partial charge in [-0.2, -0.15) is 0 Å². The third-order valence-electron chi connectivity index (χ3n) is 3.93. The van der Waals surface area contributed by atoms with Gasteiger partial charge in [-0.05, 0) is 23.0 Å². The molecule has 1 heterocycles. The Morgan fingerprint density at radius 1 is 1.19 bits per heavy atom. The van der Waals surface area contributed by atoms with Gasteiger partial charge < -0.3 is 0 Å². The van der Waals surface area contributed by atoms with Gasteiger partial charge in [-0.15, -0.1) is 0 Å². The number of carbonyl (C=O) groups is 2. The summed E-state index contributed by atoms with van der Waals surface area (Å²) in [4.78, 5) is 25.6. The van der Waals surface area contributed by atoms with Gasteiger partial charge in [0.25, 0.3) is 0 Å². The number of carbonyl (C=O) groups excluding carboxylic acids is 2. The topological polar surface area (TPSA) is 49.4 Å². The van der Waals surface area contributed by atoms with Crippen molar-refractivity contribution in [2.75, 3.05) is 6.54 Å². The Labute approximate surface area is 126 Å². The Bertz CT molecular complexity index is 529. The van der Waals surface area contributed by atoms with E-state index in [4.69, 9.17) is 0 Å². The third kappa shape index (κ3) is 3.50. The van der Waals surface area contributed by atoms with Crippen LogP contribution in [0.5, 0.6) is 0 Å². The van der Waals surface area contributed by atoms with Crippen molar-refractivity contribution >= 4 is 11.8 Å². The molecule has 0 aromatic heterocycles. The average molecular weight is 288 g/mol. The molecule has 4 nitrogen and oxygen atoms in total. The number of nitrogens with one attached hydrogen (secondary N) is 1. The van der Waals surface area contributed by atoms with Crippen molar-refractivity contribution in [3.05, 3.63) is 35.4 Å². The van der Waals surface area contributed by atoms with E-state index in [1.165, 1.54) is 10.5 Å². The van der Waals surface area contributed by atoms with Crippen molar-refractivity contribution < 1.29 is 9.59 Å². The number of imide groups is 1. The molecule has 1 saturated heterocycles. The highest BCUT2D eigenvalue weighted by Gasteiger charge is 2.32. The minimum Gasteiger partial charge on any atom is -0.297 e. The van der Waals surface area contributed by atoms with E-state index in [2.05, 4.69) is 38.2 Å². The number of piperazine rings is 1. The summed E-state index contributed by atoms with van der Waals surface area (Å²) in [6.45, 7) is 9.04. The fourth-order valence-corrected chi connectivity index (χ4v) is 2.48. The molecule has 1 aromatic carbocycles. The van der Waals surface area contributed by atoms with E-state index in [-0.39, 0.29) is 29.8 Å². The van der Waals surface area contributed by atoms with Crippen molar-refractivity contribution in [3.63, 3.8) is 0 Å². The molecule has 1 fully saturated rings. The molecule has 1 aliphatic rings. The number of benzene rings is 1. The van der Waals surface area contributed by atoms with Crippen LogP contribution in [0.25, 0.3) is 0 Å². The lowest BCUT2D eigenvalue weighted by Gasteiger charge is -2.31. The van der Waals surface area contributed by atoms with Crippen LogP contribution in [0.2, 0.25) is 0 Å². The van der Waals surface area contributed by atoms with E-state index in [1.54, 1.807) is 0 Å². The summed E-state index contributed by atoms with van der Waals surface area (Å²) in [5.41, 5.74) is 2.34. The molecule has 1 N–H and O–H groups in total. The summed E-state index contributed by atoms with van der Waals surface area (Å²) in [5, 5.41) is 2.97. The molecular formula is C17H24N2O2. The number of rotatable bonds is 3. The molecule has 1 unspecified atom stereocenters. The Hall–Kier alpha value is -1.68. The van der Waals surface area contributed by atoms with Crippen molar-refractivity contribution in [2.24, 2.45) is 0 Å². The van der Waals surface area contributed by atoms with E-state index in [0.717, 1.165) is 5.56 Å². The molecular weight excluding hydrogens is 264 g/mol. The quantitative estimate of drug-likeness (QED) is 0.868. The predicted molar refractivity (Wildman–Crippen MR) is 82.8 cm³/mol. The fourth-order valence-electron chi connectivity index (χ4n) is 2.48. The molecule has 4 heteroatoms. The zero-order valence-corrected chi connectivity index (χ0v) is 13.3. The molecule has 0 radical (unpaired) electrons. The predicted octanol–water partition coefficient (Wildman–Crippen LogP) is 2.22. The Balaban J connectivity index is 2.13. The van der Waals surface area contributed by atoms with Crippen molar-refractivity contribution in [1.29, 1.82) is 0 Å². The third-order valence-corrected chi connectivity index (χ3v) is 3.93. The second-order valence-corrected chi connectivity index (χ2v) is 6.61. The van der Waals surface area contributed by atoms with Gasteiger partial charge in [0.15, 0.2) is 0 Å². The van der Waals surface area contributed by atoms with Crippen LogP contribution in [0.4, 0.5) is 0 Å². The molecule has 1 aromatic rings. The van der Waals surface area contributed by atoms with Gasteiger partial charge in [0, 0.05) is 0 Å². The SMILES string of the molecule is CCC1NCC(=O)N(Cc2ccc(C(C)(C)C)cc2)C1=O. The summed E-state index contributed by atoms with van der Waals surface area (Å²) in [5.74, 6) is -0.266. The van der Waals surface area contributed by atoms with Crippen LogP contribution in [0.3, 0.4) is 0 Å². The van der Waals surface area contributed by atoms with E-state index in [0.29, 0.717) is 13.0 Å². The van der Waals surface area contributed by atoms with Crippen molar-refractivity contribution in [2.45, 2.75) is 52.1 Å². The summed E-state index contributed by atoms with van der Waals surface area (Å²) in [7, 11) is 0. The van der Waals surface area contributed by atoms with Crippen LogP contribution in [0.15, 0.2) is 24.3 Å². The molecule has 1 atom stereocenters. The van der Waals surface area contributed by atoms with Crippen LogP contribution < -0.4 is 5.32 Å². The summed E-state index contributed by atoms with van der Waals surface area (Å²) in [6.07, 6.45) is 0.700. The largest absolute Gasteiger partial charge is 0.297 e. The lowest BCUT2D eigenvalue weighted by Crippen LogP contribution is -2.57. The minimum atomic E-state index is -0.239. The highest BCUT2D eigenvalue weighted by atomic mass is 16.2. The highest BCUT2D eigenvalue weighted by Crippen LogP contribution is 2.22. The molecule has 0 spiro atoms. The average Bonchev–Trinajstić information content (AvgIpc) is 2.43. The molecule has 1 aliphatic heterocycles. The second kappa shape index (κ2) is 5.98. The zero-order chi connectivity index (χ0) is 15.6. The lowest BCUT2D eigenvalue weighted by atomic mass is 9.87. The van der Waals surface area contributed by atoms with Crippen LogP contribution in [-0.4, -0.2) is 29.3 Å². The monoisotopic (exact) mass is 288 g/mol. The summed E-state index contributed by atoms with van der Waals surface area (Å²) >= 11 is 0. The summed E-state index contributed by atoms with van der Waals surface area (Å²) < 4.78 is 0. The van der Waals surface area contributed by atoms with Crippen LogP contribution in [0.1, 0.15) is 45.2 Å². The fraction of sp³-hybridized carbons (Fsp3) is 0.529. The molecule has 2 amide bonds. The Morgan fingerprint density at radius 2 is 1.81 bits per heavy atom.